The summed E-state index contributed by atoms with van der Waals surface area (Å²) in [6.45, 7) is 1.64. The van der Waals surface area contributed by atoms with E-state index in [0.717, 1.165) is 5.39 Å². The van der Waals surface area contributed by atoms with Gasteiger partial charge in [-0.1, -0.05) is 18.2 Å². The number of phenols is 1. The monoisotopic (exact) mass is 323 g/mol. The number of para-hydroxylation sites is 1. The van der Waals surface area contributed by atoms with Gasteiger partial charge in [-0.3, -0.25) is 4.99 Å². The summed E-state index contributed by atoms with van der Waals surface area (Å²) in [6.07, 6.45) is 0. The van der Waals surface area contributed by atoms with Gasteiger partial charge >= 0.3 is 11.6 Å². The second kappa shape index (κ2) is 6.00. The number of hydrogen-bond acceptors (Lipinski definition) is 5. The van der Waals surface area contributed by atoms with Crippen molar-refractivity contribution in [1.29, 1.82) is 0 Å². The molecule has 0 amide bonds. The number of aliphatic imine (C=N–C) groups is 1. The number of carbonyl (C=O) groups is 1. The van der Waals surface area contributed by atoms with Crippen LogP contribution in [0, 0.1) is 0 Å². The highest BCUT2D eigenvalue weighted by atomic mass is 16.4. The molecule has 0 fully saturated rings. The normalized spacial score (nSPS) is 11.6. The van der Waals surface area contributed by atoms with Crippen LogP contribution in [0.4, 0.5) is 5.69 Å². The highest BCUT2D eigenvalue weighted by molar-refractivity contribution is 6.02. The number of fused-ring (bicyclic) bond motifs is 1. The molecule has 0 saturated carbocycles. The standard InChI is InChI=1S/C18H13NO5/c1-10(19-12-6-7-13(17(21)22)15(20)9-12)14-8-11-4-2-3-5-16(11)24-18(14)23/h2-9,20H,1H3,(H,21,22). The molecule has 120 valence electrons. The van der Waals surface area contributed by atoms with Crippen molar-refractivity contribution in [2.45, 2.75) is 6.92 Å². The molecule has 3 rings (SSSR count). The number of rotatable bonds is 3. The van der Waals surface area contributed by atoms with Gasteiger partial charge in [0.15, 0.2) is 0 Å². The van der Waals surface area contributed by atoms with E-state index < -0.39 is 11.6 Å². The number of aromatic carboxylic acids is 1. The van der Waals surface area contributed by atoms with Crippen molar-refractivity contribution >= 4 is 28.3 Å². The Morgan fingerprint density at radius 1 is 1.08 bits per heavy atom. The molecule has 2 aromatic carbocycles. The van der Waals surface area contributed by atoms with Gasteiger partial charge in [-0.25, -0.2) is 9.59 Å². The molecule has 0 aliphatic heterocycles. The van der Waals surface area contributed by atoms with Crippen LogP contribution >= 0.6 is 0 Å². The Hall–Kier alpha value is -3.41. The van der Waals surface area contributed by atoms with E-state index in [1.54, 1.807) is 25.1 Å². The van der Waals surface area contributed by atoms with Gasteiger partial charge in [0.25, 0.3) is 0 Å². The van der Waals surface area contributed by atoms with Crippen molar-refractivity contribution in [2.24, 2.45) is 4.99 Å². The smallest absolute Gasteiger partial charge is 0.345 e. The topological polar surface area (TPSA) is 100 Å². The predicted molar refractivity (Wildman–Crippen MR) is 89.4 cm³/mol. The fourth-order valence-electron chi connectivity index (χ4n) is 2.34. The first-order chi connectivity index (χ1) is 11.5. The van der Waals surface area contributed by atoms with Crippen molar-refractivity contribution in [3.63, 3.8) is 0 Å². The van der Waals surface area contributed by atoms with Crippen molar-refractivity contribution < 1.29 is 19.4 Å². The molecule has 0 aliphatic rings. The van der Waals surface area contributed by atoms with Crippen molar-refractivity contribution in [1.82, 2.24) is 0 Å². The summed E-state index contributed by atoms with van der Waals surface area (Å²) >= 11 is 0. The third kappa shape index (κ3) is 2.89. The summed E-state index contributed by atoms with van der Waals surface area (Å²) in [7, 11) is 0. The van der Waals surface area contributed by atoms with E-state index in [4.69, 9.17) is 9.52 Å². The molecule has 1 heterocycles. The molecule has 24 heavy (non-hydrogen) atoms. The van der Waals surface area contributed by atoms with Crippen molar-refractivity contribution in [3.8, 4) is 5.75 Å². The molecule has 0 bridgehead atoms. The lowest BCUT2D eigenvalue weighted by molar-refractivity contribution is 0.0694. The fraction of sp³-hybridized carbons (Fsp3) is 0.0556. The van der Waals surface area contributed by atoms with Crippen LogP contribution in [-0.2, 0) is 0 Å². The second-order valence-electron chi connectivity index (χ2n) is 5.19. The summed E-state index contributed by atoms with van der Waals surface area (Å²) in [5.74, 6) is -1.61. The van der Waals surface area contributed by atoms with Crippen LogP contribution in [0.15, 0.2) is 62.7 Å². The molecule has 0 spiro atoms. The molecule has 0 atom stereocenters. The van der Waals surface area contributed by atoms with Gasteiger partial charge < -0.3 is 14.6 Å². The Morgan fingerprint density at radius 3 is 2.54 bits per heavy atom. The number of aromatic hydroxyl groups is 1. The highest BCUT2D eigenvalue weighted by Gasteiger charge is 2.11. The minimum atomic E-state index is -1.23. The van der Waals surface area contributed by atoms with Crippen LogP contribution in [0.3, 0.4) is 0 Å². The van der Waals surface area contributed by atoms with E-state index in [2.05, 4.69) is 4.99 Å². The Balaban J connectivity index is 2.05. The molecule has 1 aromatic heterocycles. The van der Waals surface area contributed by atoms with Gasteiger partial charge in [0.1, 0.15) is 16.9 Å². The molecule has 3 aromatic rings. The number of carboxylic acid groups (broad SMARTS) is 1. The molecule has 6 heteroatoms. The average Bonchev–Trinajstić information content (AvgIpc) is 2.53. The van der Waals surface area contributed by atoms with Gasteiger partial charge in [-0.2, -0.15) is 0 Å². The highest BCUT2D eigenvalue weighted by Crippen LogP contribution is 2.24. The number of benzene rings is 2. The Kier molecular flexibility index (Phi) is 3.87. The largest absolute Gasteiger partial charge is 0.507 e. The van der Waals surface area contributed by atoms with E-state index in [-0.39, 0.29) is 11.3 Å². The predicted octanol–water partition coefficient (Wildman–Crippen LogP) is 3.34. The summed E-state index contributed by atoms with van der Waals surface area (Å²) in [4.78, 5) is 27.3. The summed E-state index contributed by atoms with van der Waals surface area (Å²) < 4.78 is 5.26. The first-order valence-electron chi connectivity index (χ1n) is 7.10. The van der Waals surface area contributed by atoms with E-state index in [1.807, 2.05) is 12.1 Å². The van der Waals surface area contributed by atoms with Gasteiger partial charge in [-0.05, 0) is 31.2 Å². The summed E-state index contributed by atoms with van der Waals surface area (Å²) in [5, 5.41) is 19.4. The third-order valence-corrected chi connectivity index (χ3v) is 3.54. The Bertz CT molecular complexity index is 1030. The van der Waals surface area contributed by atoms with E-state index in [0.29, 0.717) is 22.5 Å². The zero-order chi connectivity index (χ0) is 17.3. The van der Waals surface area contributed by atoms with Gasteiger partial charge in [0, 0.05) is 11.5 Å². The van der Waals surface area contributed by atoms with E-state index in [1.165, 1.54) is 18.2 Å². The molecule has 0 aliphatic carbocycles. The van der Waals surface area contributed by atoms with Gasteiger partial charge in [0.2, 0.25) is 0 Å². The Labute approximate surface area is 136 Å². The average molecular weight is 323 g/mol. The van der Waals surface area contributed by atoms with Crippen LogP contribution in [-0.4, -0.2) is 21.9 Å². The molecule has 6 nitrogen and oxygen atoms in total. The van der Waals surface area contributed by atoms with Gasteiger partial charge in [-0.15, -0.1) is 0 Å². The SMILES string of the molecule is CC(=Nc1ccc(C(=O)O)c(O)c1)c1cc2ccccc2oc1=O. The van der Waals surface area contributed by atoms with Crippen molar-refractivity contribution in [2.75, 3.05) is 0 Å². The quantitative estimate of drug-likeness (QED) is 0.569. The number of hydrogen-bond donors (Lipinski definition) is 2. The second-order valence-corrected chi connectivity index (χ2v) is 5.19. The number of carboxylic acids is 1. The van der Waals surface area contributed by atoms with Crippen LogP contribution in [0.25, 0.3) is 11.0 Å². The van der Waals surface area contributed by atoms with Crippen molar-refractivity contribution in [3.05, 3.63) is 70.1 Å². The van der Waals surface area contributed by atoms with Crippen LogP contribution in [0.5, 0.6) is 5.75 Å². The zero-order valence-corrected chi connectivity index (χ0v) is 12.7. The van der Waals surface area contributed by atoms with Crippen LogP contribution in [0.1, 0.15) is 22.8 Å². The minimum Gasteiger partial charge on any atom is -0.507 e. The fourth-order valence-corrected chi connectivity index (χ4v) is 2.34. The molecule has 0 radical (unpaired) electrons. The third-order valence-electron chi connectivity index (χ3n) is 3.54. The number of nitrogens with zero attached hydrogens (tertiary/aromatic N) is 1. The Morgan fingerprint density at radius 2 is 1.83 bits per heavy atom. The lowest BCUT2D eigenvalue weighted by Gasteiger charge is -2.04. The maximum atomic E-state index is 12.1. The molecular weight excluding hydrogens is 310 g/mol. The van der Waals surface area contributed by atoms with E-state index >= 15 is 0 Å². The molecule has 0 unspecified atom stereocenters. The molecule has 2 N–H and O–H groups in total. The first-order valence-corrected chi connectivity index (χ1v) is 7.10. The zero-order valence-electron chi connectivity index (χ0n) is 12.7. The van der Waals surface area contributed by atoms with E-state index in [9.17, 15) is 14.7 Å². The molecule has 0 saturated heterocycles. The molecular formula is C18H13NO5. The van der Waals surface area contributed by atoms with Crippen LogP contribution < -0.4 is 5.63 Å². The minimum absolute atomic E-state index is 0.211. The maximum absolute atomic E-state index is 12.1. The summed E-state index contributed by atoms with van der Waals surface area (Å²) in [6, 6.07) is 12.8. The van der Waals surface area contributed by atoms with Crippen LogP contribution in [0.2, 0.25) is 0 Å². The van der Waals surface area contributed by atoms with Gasteiger partial charge in [0.05, 0.1) is 17.0 Å². The maximum Gasteiger partial charge on any atom is 0.345 e. The summed E-state index contributed by atoms with van der Waals surface area (Å²) in [5.41, 5.74) is 0.802. The lowest BCUT2D eigenvalue weighted by Crippen LogP contribution is -2.11. The lowest BCUT2D eigenvalue weighted by atomic mass is 10.1. The first kappa shape index (κ1) is 15.5.